The van der Waals surface area contributed by atoms with Gasteiger partial charge in [-0.1, -0.05) is 6.08 Å². The molecular formula is C12H10N2O5. The van der Waals surface area contributed by atoms with Crippen LogP contribution in [0.1, 0.15) is 0 Å². The molecule has 98 valence electrons. The molecule has 7 nitrogen and oxygen atoms in total. The van der Waals surface area contributed by atoms with Crippen LogP contribution in [0.3, 0.4) is 0 Å². The number of ether oxygens (including phenoxy) is 1. The second-order valence-corrected chi connectivity index (χ2v) is 3.56. The second-order valence-electron chi connectivity index (χ2n) is 3.56. The van der Waals surface area contributed by atoms with Gasteiger partial charge in [-0.15, -0.1) is 0 Å². The highest BCUT2D eigenvalue weighted by Crippen LogP contribution is 2.02. The van der Waals surface area contributed by atoms with Crippen molar-refractivity contribution in [3.05, 3.63) is 51.4 Å². The van der Waals surface area contributed by atoms with Gasteiger partial charge in [0.1, 0.15) is 0 Å². The molecule has 2 aromatic rings. The van der Waals surface area contributed by atoms with Crippen molar-refractivity contribution >= 4 is 17.1 Å². The normalized spacial score (nSPS) is 11.0. The summed E-state index contributed by atoms with van der Waals surface area (Å²) in [7, 11) is 1.23. The lowest BCUT2D eigenvalue weighted by Crippen LogP contribution is -2.32. The van der Waals surface area contributed by atoms with Gasteiger partial charge in [-0.25, -0.2) is 19.1 Å². The maximum atomic E-state index is 12.0. The van der Waals surface area contributed by atoms with Crippen molar-refractivity contribution in [2.45, 2.75) is 6.54 Å². The third kappa shape index (κ3) is 2.59. The first-order valence-corrected chi connectivity index (χ1v) is 5.36. The molecule has 0 radical (unpaired) electrons. The number of hydrogen-bond acceptors (Lipinski definition) is 6. The Kier molecular flexibility index (Phi) is 3.56. The molecule has 2 heterocycles. The topological polar surface area (TPSA) is 91.4 Å². The van der Waals surface area contributed by atoms with Crippen molar-refractivity contribution in [2.24, 2.45) is 0 Å². The van der Waals surface area contributed by atoms with Crippen LogP contribution in [0.25, 0.3) is 11.1 Å². The average Bonchev–Trinajstić information content (AvgIpc) is 2.42. The quantitative estimate of drug-likeness (QED) is 0.574. The molecule has 0 aliphatic heterocycles. The van der Waals surface area contributed by atoms with E-state index in [0.717, 1.165) is 10.6 Å². The van der Waals surface area contributed by atoms with Gasteiger partial charge in [0.05, 0.1) is 13.7 Å². The van der Waals surface area contributed by atoms with Gasteiger partial charge in [-0.05, 0) is 12.1 Å². The standard InChI is InChI=1S/C12H10N2O5/c1-18-9(15)5-3-7-14-11(16)10-8(19-12(14)17)4-2-6-13-10/h2-6H,7H2,1H3/b5-3+. The molecule has 2 rings (SSSR count). The van der Waals surface area contributed by atoms with E-state index in [1.54, 1.807) is 6.07 Å². The SMILES string of the molecule is COC(=O)/C=C/Cn1c(=O)oc2cccnc2c1=O. The summed E-state index contributed by atoms with van der Waals surface area (Å²) in [5.41, 5.74) is -0.374. The molecule has 0 atom stereocenters. The third-order valence-electron chi connectivity index (χ3n) is 2.38. The zero-order valence-corrected chi connectivity index (χ0v) is 10.0. The Bertz CT molecular complexity index is 757. The molecule has 0 saturated carbocycles. The number of aromatic nitrogens is 2. The zero-order chi connectivity index (χ0) is 13.8. The van der Waals surface area contributed by atoms with Crippen molar-refractivity contribution in [3.8, 4) is 0 Å². The number of allylic oxidation sites excluding steroid dienone is 1. The molecule has 0 spiro atoms. The highest BCUT2D eigenvalue weighted by molar-refractivity contribution is 5.81. The number of carbonyl (C=O) groups excluding carboxylic acids is 1. The molecule has 0 saturated heterocycles. The molecule has 0 aliphatic carbocycles. The number of pyridine rings is 1. The smallest absolute Gasteiger partial charge is 0.422 e. The van der Waals surface area contributed by atoms with Crippen LogP contribution in [0.2, 0.25) is 0 Å². The fraction of sp³-hybridized carbons (Fsp3) is 0.167. The highest BCUT2D eigenvalue weighted by Gasteiger charge is 2.08. The van der Waals surface area contributed by atoms with E-state index in [9.17, 15) is 14.4 Å². The van der Waals surface area contributed by atoms with E-state index in [0.29, 0.717) is 0 Å². The first kappa shape index (κ1) is 12.7. The number of methoxy groups -OCH3 is 1. The molecule has 0 unspecified atom stereocenters. The molecule has 0 aliphatic rings. The van der Waals surface area contributed by atoms with E-state index in [2.05, 4.69) is 9.72 Å². The van der Waals surface area contributed by atoms with Crippen LogP contribution >= 0.6 is 0 Å². The van der Waals surface area contributed by atoms with E-state index in [1.807, 2.05) is 0 Å². The van der Waals surface area contributed by atoms with Crippen LogP contribution in [-0.4, -0.2) is 22.6 Å². The second kappa shape index (κ2) is 5.30. The monoisotopic (exact) mass is 262 g/mol. The molecule has 0 N–H and O–H groups in total. The predicted molar refractivity (Wildman–Crippen MR) is 65.7 cm³/mol. The van der Waals surface area contributed by atoms with Crippen LogP contribution in [0.15, 0.2) is 44.5 Å². The van der Waals surface area contributed by atoms with Gasteiger partial charge >= 0.3 is 11.7 Å². The number of fused-ring (bicyclic) bond motifs is 1. The van der Waals surface area contributed by atoms with Crippen LogP contribution in [0, 0.1) is 0 Å². The lowest BCUT2D eigenvalue weighted by Gasteiger charge is -2.00. The van der Waals surface area contributed by atoms with E-state index in [4.69, 9.17) is 4.42 Å². The largest absolute Gasteiger partial charge is 0.466 e. The summed E-state index contributed by atoms with van der Waals surface area (Å²) in [6.45, 7) is -0.0945. The minimum absolute atomic E-state index is 0.0635. The van der Waals surface area contributed by atoms with E-state index >= 15 is 0 Å². The molecule has 0 bridgehead atoms. The molecule has 0 aromatic carbocycles. The minimum Gasteiger partial charge on any atom is -0.466 e. The van der Waals surface area contributed by atoms with E-state index in [-0.39, 0.29) is 17.6 Å². The number of nitrogens with zero attached hydrogens (tertiary/aromatic N) is 2. The Morgan fingerprint density at radius 2 is 2.32 bits per heavy atom. The van der Waals surface area contributed by atoms with Crippen LogP contribution < -0.4 is 11.3 Å². The van der Waals surface area contributed by atoms with Gasteiger partial charge < -0.3 is 9.15 Å². The maximum Gasteiger partial charge on any atom is 0.422 e. The van der Waals surface area contributed by atoms with Crippen molar-refractivity contribution in [2.75, 3.05) is 7.11 Å². The molecule has 19 heavy (non-hydrogen) atoms. The van der Waals surface area contributed by atoms with E-state index in [1.165, 1.54) is 25.4 Å². The fourth-order valence-corrected chi connectivity index (χ4v) is 1.47. The van der Waals surface area contributed by atoms with Crippen LogP contribution in [0.4, 0.5) is 0 Å². The Morgan fingerprint density at radius 3 is 3.05 bits per heavy atom. The predicted octanol–water partition coefficient (Wildman–Crippen LogP) is 0.0789. The summed E-state index contributed by atoms with van der Waals surface area (Å²) in [4.78, 5) is 38.3. The molecule has 2 aromatic heterocycles. The molecule has 0 fully saturated rings. The first-order chi connectivity index (χ1) is 9.13. The van der Waals surface area contributed by atoms with Gasteiger partial charge in [0.15, 0.2) is 11.1 Å². The highest BCUT2D eigenvalue weighted by atomic mass is 16.5. The van der Waals surface area contributed by atoms with Crippen LogP contribution in [0.5, 0.6) is 0 Å². The average molecular weight is 262 g/mol. The van der Waals surface area contributed by atoms with Gasteiger partial charge in [-0.2, -0.15) is 0 Å². The number of carbonyl (C=O) groups is 1. The Hall–Kier alpha value is -2.70. The van der Waals surface area contributed by atoms with Crippen molar-refractivity contribution in [1.82, 2.24) is 9.55 Å². The van der Waals surface area contributed by atoms with E-state index < -0.39 is 17.3 Å². The summed E-state index contributed by atoms with van der Waals surface area (Å²) < 4.78 is 10.2. The Morgan fingerprint density at radius 1 is 1.53 bits per heavy atom. The van der Waals surface area contributed by atoms with Gasteiger partial charge in [0, 0.05) is 12.3 Å². The minimum atomic E-state index is -0.806. The third-order valence-corrected chi connectivity index (χ3v) is 2.38. The van der Waals surface area contributed by atoms with Crippen molar-refractivity contribution in [1.29, 1.82) is 0 Å². The number of hydrogen-bond donors (Lipinski definition) is 0. The van der Waals surface area contributed by atoms with Gasteiger partial charge in [0.25, 0.3) is 5.56 Å². The Balaban J connectivity index is 2.44. The molecular weight excluding hydrogens is 252 g/mol. The fourth-order valence-electron chi connectivity index (χ4n) is 1.47. The summed E-state index contributed by atoms with van der Waals surface area (Å²) >= 11 is 0. The number of esters is 1. The van der Waals surface area contributed by atoms with Crippen molar-refractivity contribution in [3.63, 3.8) is 0 Å². The summed E-state index contributed by atoms with van der Waals surface area (Å²) in [6.07, 6.45) is 3.88. The zero-order valence-electron chi connectivity index (χ0n) is 10.0. The van der Waals surface area contributed by atoms with Gasteiger partial charge in [0.2, 0.25) is 0 Å². The molecule has 0 amide bonds. The number of rotatable bonds is 3. The summed E-state index contributed by atoms with van der Waals surface area (Å²) in [5, 5.41) is 0. The maximum absolute atomic E-state index is 12.0. The summed E-state index contributed by atoms with van der Waals surface area (Å²) in [6, 6.07) is 3.05. The van der Waals surface area contributed by atoms with Crippen LogP contribution in [-0.2, 0) is 16.1 Å². The lowest BCUT2D eigenvalue weighted by atomic mass is 10.4. The van der Waals surface area contributed by atoms with Crippen molar-refractivity contribution < 1.29 is 13.9 Å². The summed E-state index contributed by atoms with van der Waals surface area (Å²) in [5.74, 6) is -1.38. The first-order valence-electron chi connectivity index (χ1n) is 5.36. The van der Waals surface area contributed by atoms with Gasteiger partial charge in [-0.3, -0.25) is 4.79 Å². The molecule has 7 heteroatoms. The lowest BCUT2D eigenvalue weighted by molar-refractivity contribution is -0.134. The Labute approximate surface area is 106 Å².